The summed E-state index contributed by atoms with van der Waals surface area (Å²) in [6, 6.07) is 10.2. The quantitative estimate of drug-likeness (QED) is 0.761. The molecule has 7 nitrogen and oxygen atoms in total. The number of aryl methyl sites for hydroxylation is 3. The number of nitrogens with one attached hydrogen (secondary N) is 1. The molecule has 1 aliphatic rings. The number of anilines is 1. The second kappa shape index (κ2) is 8.47. The number of hydrogen-bond acceptors (Lipinski definition) is 4. The Morgan fingerprint density at radius 2 is 1.67 bits per heavy atom. The van der Waals surface area contributed by atoms with E-state index in [0.717, 1.165) is 11.1 Å². The van der Waals surface area contributed by atoms with Crippen LogP contribution in [0.4, 0.5) is 5.69 Å². The van der Waals surface area contributed by atoms with Crippen LogP contribution < -0.4 is 10.5 Å². The standard InChI is InChI=1S/C22H27N3O4S/c1-14-4-7-19(16(3)12-14)24-30(28,29)20-13-18(6-5-15(20)2)22(27)25-10-8-17(9-11-25)21(23)26/h4-7,12-13,17,24H,8-11H2,1-3H3,(H2,23,26). The van der Waals surface area contributed by atoms with Gasteiger partial charge in [0.1, 0.15) is 0 Å². The van der Waals surface area contributed by atoms with Gasteiger partial charge in [0.2, 0.25) is 5.91 Å². The highest BCUT2D eigenvalue weighted by molar-refractivity contribution is 7.92. The van der Waals surface area contributed by atoms with Crippen molar-refractivity contribution in [3.63, 3.8) is 0 Å². The molecule has 2 aromatic rings. The minimum atomic E-state index is -3.87. The lowest BCUT2D eigenvalue weighted by molar-refractivity contribution is -0.123. The Labute approximate surface area is 177 Å². The van der Waals surface area contributed by atoms with Crippen molar-refractivity contribution in [3.05, 3.63) is 58.7 Å². The number of carbonyl (C=O) groups is 2. The molecule has 0 spiro atoms. The summed E-state index contributed by atoms with van der Waals surface area (Å²) >= 11 is 0. The summed E-state index contributed by atoms with van der Waals surface area (Å²) < 4.78 is 28.7. The largest absolute Gasteiger partial charge is 0.369 e. The van der Waals surface area contributed by atoms with Crippen molar-refractivity contribution in [2.75, 3.05) is 17.8 Å². The van der Waals surface area contributed by atoms with Crippen molar-refractivity contribution >= 4 is 27.5 Å². The van der Waals surface area contributed by atoms with Gasteiger partial charge in [-0.05, 0) is 62.9 Å². The molecule has 8 heteroatoms. The zero-order valence-electron chi connectivity index (χ0n) is 17.4. The van der Waals surface area contributed by atoms with Crippen molar-refractivity contribution in [1.82, 2.24) is 4.90 Å². The van der Waals surface area contributed by atoms with Gasteiger partial charge in [0.25, 0.3) is 15.9 Å². The topological polar surface area (TPSA) is 110 Å². The van der Waals surface area contributed by atoms with Crippen molar-refractivity contribution in [1.29, 1.82) is 0 Å². The van der Waals surface area contributed by atoms with Gasteiger partial charge in [-0.15, -0.1) is 0 Å². The van der Waals surface area contributed by atoms with E-state index in [1.807, 2.05) is 26.0 Å². The molecule has 0 saturated carbocycles. The molecule has 2 amide bonds. The first-order valence-corrected chi connectivity index (χ1v) is 11.4. The summed E-state index contributed by atoms with van der Waals surface area (Å²) in [6.07, 6.45) is 1.04. The molecule has 0 aromatic heterocycles. The number of benzene rings is 2. The minimum Gasteiger partial charge on any atom is -0.369 e. The Hall–Kier alpha value is -2.87. The summed E-state index contributed by atoms with van der Waals surface area (Å²) in [6.45, 7) is 6.32. The van der Waals surface area contributed by atoms with E-state index < -0.39 is 10.0 Å². The van der Waals surface area contributed by atoms with E-state index in [2.05, 4.69) is 4.72 Å². The molecular weight excluding hydrogens is 402 g/mol. The molecule has 1 saturated heterocycles. The molecule has 2 aromatic carbocycles. The molecule has 3 N–H and O–H groups in total. The fraction of sp³-hybridized carbons (Fsp3) is 0.364. The number of piperidine rings is 1. The smallest absolute Gasteiger partial charge is 0.262 e. The number of likely N-dealkylation sites (tertiary alicyclic amines) is 1. The highest BCUT2D eigenvalue weighted by Gasteiger charge is 2.27. The van der Waals surface area contributed by atoms with Crippen LogP contribution in [0.3, 0.4) is 0 Å². The summed E-state index contributed by atoms with van der Waals surface area (Å²) in [4.78, 5) is 25.9. The van der Waals surface area contributed by atoms with Crippen LogP contribution in [0, 0.1) is 26.7 Å². The summed E-state index contributed by atoms with van der Waals surface area (Å²) in [5.74, 6) is -0.811. The van der Waals surface area contributed by atoms with Gasteiger partial charge in [0, 0.05) is 24.6 Å². The van der Waals surface area contributed by atoms with E-state index >= 15 is 0 Å². The van der Waals surface area contributed by atoms with Crippen LogP contribution >= 0.6 is 0 Å². The average Bonchev–Trinajstić information content (AvgIpc) is 2.70. The molecule has 160 valence electrons. The molecule has 1 aliphatic heterocycles. The Kier molecular flexibility index (Phi) is 6.17. The zero-order valence-corrected chi connectivity index (χ0v) is 18.3. The number of carbonyl (C=O) groups excluding carboxylic acids is 2. The Morgan fingerprint density at radius 3 is 2.27 bits per heavy atom. The van der Waals surface area contributed by atoms with Crippen LogP contribution in [-0.4, -0.2) is 38.2 Å². The van der Waals surface area contributed by atoms with E-state index in [9.17, 15) is 18.0 Å². The SMILES string of the molecule is Cc1ccc(NS(=O)(=O)c2cc(C(=O)N3CCC(C(N)=O)CC3)ccc2C)c(C)c1. The lowest BCUT2D eigenvalue weighted by Gasteiger charge is -2.30. The second-order valence-corrected chi connectivity index (χ2v) is 9.52. The molecule has 0 bridgehead atoms. The van der Waals surface area contributed by atoms with Crippen LogP contribution in [0.1, 0.15) is 39.9 Å². The molecular formula is C22H27N3O4S. The number of nitrogens with zero attached hydrogens (tertiary/aromatic N) is 1. The Balaban J connectivity index is 1.84. The summed E-state index contributed by atoms with van der Waals surface area (Å²) in [7, 11) is -3.87. The second-order valence-electron chi connectivity index (χ2n) is 7.87. The molecule has 3 rings (SSSR count). The minimum absolute atomic E-state index is 0.0698. The van der Waals surface area contributed by atoms with Crippen LogP contribution in [-0.2, 0) is 14.8 Å². The first kappa shape index (κ1) is 21.8. The highest BCUT2D eigenvalue weighted by atomic mass is 32.2. The monoisotopic (exact) mass is 429 g/mol. The van der Waals surface area contributed by atoms with E-state index in [-0.39, 0.29) is 22.6 Å². The maximum atomic E-state index is 13.0. The van der Waals surface area contributed by atoms with E-state index in [1.165, 1.54) is 6.07 Å². The van der Waals surface area contributed by atoms with Gasteiger partial charge >= 0.3 is 0 Å². The van der Waals surface area contributed by atoms with Gasteiger partial charge in [-0.2, -0.15) is 0 Å². The van der Waals surface area contributed by atoms with E-state index in [4.69, 9.17) is 5.73 Å². The van der Waals surface area contributed by atoms with Crippen molar-refractivity contribution in [2.24, 2.45) is 11.7 Å². The molecule has 0 aliphatic carbocycles. The summed E-state index contributed by atoms with van der Waals surface area (Å²) in [5, 5.41) is 0. The highest BCUT2D eigenvalue weighted by Crippen LogP contribution is 2.25. The number of primary amides is 1. The number of hydrogen-bond donors (Lipinski definition) is 2. The Bertz CT molecular complexity index is 1090. The zero-order chi connectivity index (χ0) is 22.1. The van der Waals surface area contributed by atoms with E-state index in [1.54, 1.807) is 30.0 Å². The van der Waals surface area contributed by atoms with Gasteiger partial charge in [0.05, 0.1) is 10.6 Å². The van der Waals surface area contributed by atoms with Crippen LogP contribution in [0.15, 0.2) is 41.3 Å². The van der Waals surface area contributed by atoms with Crippen LogP contribution in [0.5, 0.6) is 0 Å². The maximum Gasteiger partial charge on any atom is 0.262 e. The number of rotatable bonds is 5. The van der Waals surface area contributed by atoms with Crippen molar-refractivity contribution < 1.29 is 18.0 Å². The molecule has 1 fully saturated rings. The summed E-state index contributed by atoms with van der Waals surface area (Å²) in [5.41, 5.74) is 8.57. The predicted octanol–water partition coefficient (Wildman–Crippen LogP) is 2.75. The van der Waals surface area contributed by atoms with Gasteiger partial charge < -0.3 is 10.6 Å². The lowest BCUT2D eigenvalue weighted by atomic mass is 9.96. The van der Waals surface area contributed by atoms with Crippen LogP contribution in [0.25, 0.3) is 0 Å². The number of nitrogens with two attached hydrogens (primary N) is 1. The van der Waals surface area contributed by atoms with Crippen molar-refractivity contribution in [3.8, 4) is 0 Å². The Morgan fingerprint density at radius 1 is 1.00 bits per heavy atom. The molecule has 30 heavy (non-hydrogen) atoms. The lowest BCUT2D eigenvalue weighted by Crippen LogP contribution is -2.41. The average molecular weight is 430 g/mol. The first-order chi connectivity index (χ1) is 14.1. The molecule has 1 heterocycles. The maximum absolute atomic E-state index is 13.0. The fourth-order valence-electron chi connectivity index (χ4n) is 3.70. The number of sulfonamides is 1. The third-order valence-corrected chi connectivity index (χ3v) is 7.04. The third-order valence-electron chi connectivity index (χ3n) is 5.54. The van der Waals surface area contributed by atoms with Crippen LogP contribution in [0.2, 0.25) is 0 Å². The molecule has 0 atom stereocenters. The predicted molar refractivity (Wildman–Crippen MR) is 116 cm³/mol. The molecule has 0 unspecified atom stereocenters. The normalized spacial score (nSPS) is 15.1. The van der Waals surface area contributed by atoms with Crippen molar-refractivity contribution in [2.45, 2.75) is 38.5 Å². The fourth-order valence-corrected chi connectivity index (χ4v) is 5.10. The van der Waals surface area contributed by atoms with E-state index in [0.29, 0.717) is 42.7 Å². The third kappa shape index (κ3) is 4.64. The van der Waals surface area contributed by atoms with Gasteiger partial charge in [0.15, 0.2) is 0 Å². The number of amides is 2. The first-order valence-electron chi connectivity index (χ1n) is 9.88. The molecule has 0 radical (unpaired) electrons. The van der Waals surface area contributed by atoms with Gasteiger partial charge in [-0.25, -0.2) is 8.42 Å². The van der Waals surface area contributed by atoms with Gasteiger partial charge in [-0.1, -0.05) is 23.8 Å². The van der Waals surface area contributed by atoms with Gasteiger partial charge in [-0.3, -0.25) is 14.3 Å².